The highest BCUT2D eigenvalue weighted by molar-refractivity contribution is 6.39. The maximum absolute atomic E-state index is 12.9. The molecule has 1 aromatic carbocycles. The number of cyclic esters (lactones) is 1. The van der Waals surface area contributed by atoms with Gasteiger partial charge in [-0.05, 0) is 97.4 Å². The van der Waals surface area contributed by atoms with E-state index in [9.17, 15) is 55.5 Å². The minimum atomic E-state index is -1.49. The van der Waals surface area contributed by atoms with Crippen LogP contribution in [0.25, 0.3) is 0 Å². The fraction of sp³-hybridized carbons (Fsp3) is 0.640. The van der Waals surface area contributed by atoms with Gasteiger partial charge in [0.05, 0.1) is 59.9 Å². The van der Waals surface area contributed by atoms with Crippen LogP contribution < -0.4 is 0 Å². The molecule has 69 heavy (non-hydrogen) atoms. The maximum Gasteiger partial charge on any atom is 0.342 e. The molecule has 3 aliphatic heterocycles. The molecule has 14 atom stereocenters. The van der Waals surface area contributed by atoms with E-state index in [2.05, 4.69) is 0 Å². The number of hydrogen-bond acceptors (Lipinski definition) is 17. The number of aliphatic hydroxyl groups excluding tert-OH is 7. The van der Waals surface area contributed by atoms with Crippen molar-refractivity contribution in [2.24, 2.45) is 11.8 Å². The number of allylic oxidation sites excluding steroid dienone is 4. The molecule has 17 nitrogen and oxygen atoms in total. The molecule has 0 radical (unpaired) electrons. The average molecular weight is 1020 g/mol. The van der Waals surface area contributed by atoms with Gasteiger partial charge < -0.3 is 74.4 Å². The zero-order chi connectivity index (χ0) is 52.2. The van der Waals surface area contributed by atoms with Gasteiger partial charge in [-0.2, -0.15) is 0 Å². The first kappa shape index (κ1) is 59.9. The van der Waals surface area contributed by atoms with Crippen molar-refractivity contribution in [3.63, 3.8) is 0 Å². The number of benzene rings is 1. The van der Waals surface area contributed by atoms with Crippen LogP contribution in [0.15, 0.2) is 58.7 Å². The average Bonchev–Trinajstić information content (AvgIpc) is 3.29. The lowest BCUT2D eigenvalue weighted by molar-refractivity contribution is -0.331. The second-order valence-corrected chi connectivity index (χ2v) is 19.2. The summed E-state index contributed by atoms with van der Waals surface area (Å²) in [5, 5.41) is 92.2. The predicted molar refractivity (Wildman–Crippen MR) is 258 cm³/mol. The van der Waals surface area contributed by atoms with Crippen molar-refractivity contribution in [2.75, 3.05) is 20.3 Å². The molecular weight excluding hydrogens is 943 g/mol. The number of aliphatic hydroxyl groups is 7. The maximum atomic E-state index is 12.9. The molecule has 0 amide bonds. The first-order valence-electron chi connectivity index (χ1n) is 23.2. The van der Waals surface area contributed by atoms with Crippen molar-refractivity contribution in [3.05, 3.63) is 79.9 Å². The number of halogens is 2. The summed E-state index contributed by atoms with van der Waals surface area (Å²) in [7, 11) is 1.47. The number of aromatic hydroxyl groups is 2. The minimum Gasteiger partial charge on any atom is -0.505 e. The lowest BCUT2D eigenvalue weighted by Crippen LogP contribution is -2.63. The molecule has 4 rings (SSSR count). The van der Waals surface area contributed by atoms with E-state index in [0.717, 1.165) is 11.1 Å². The minimum absolute atomic E-state index is 0.0279. The number of phenolic OH excluding ortho intramolecular Hbond substituents is 2. The van der Waals surface area contributed by atoms with Crippen molar-refractivity contribution in [1.82, 2.24) is 0 Å². The van der Waals surface area contributed by atoms with Crippen molar-refractivity contribution in [2.45, 2.75) is 174 Å². The van der Waals surface area contributed by atoms with Crippen LogP contribution in [0.1, 0.15) is 104 Å². The molecule has 2 saturated heterocycles. The Balaban J connectivity index is 0.000000412. The molecule has 0 aliphatic carbocycles. The van der Waals surface area contributed by atoms with Crippen molar-refractivity contribution >= 4 is 35.1 Å². The summed E-state index contributed by atoms with van der Waals surface area (Å²) in [5.74, 6) is -3.62. The molecule has 0 spiro atoms. The smallest absolute Gasteiger partial charge is 0.342 e. The Labute approximate surface area is 415 Å². The first-order chi connectivity index (χ1) is 32.3. The summed E-state index contributed by atoms with van der Waals surface area (Å²) in [4.78, 5) is 25.6. The SMILES string of the molecule is CC[C@H]1/C=C(\C)[C@@H](O)C/C=C/C=C(\COC)C(=O)O[C@H]([C@@H](C)O)C/C=C(C)/C=C(\C)[C@@H]1O[C@@H]1OC(C)(C)[C@@H](O)[C@H](O)[C@@H]1O.CCc1c(Cl)c(O)c(Cl)c(O)c1C(=O)O[C@H]1[C@H](O)[C@H](CO)[C@H](C)O[C@@H]1C. The van der Waals surface area contributed by atoms with Crippen LogP contribution in [-0.4, -0.2) is 157 Å². The normalized spacial score (nSPS) is 35.6. The molecule has 19 heteroatoms. The highest BCUT2D eigenvalue weighted by Crippen LogP contribution is 2.45. The molecule has 9 N–H and O–H groups in total. The second-order valence-electron chi connectivity index (χ2n) is 18.4. The van der Waals surface area contributed by atoms with Gasteiger partial charge in [-0.1, -0.05) is 73.0 Å². The third-order valence-corrected chi connectivity index (χ3v) is 13.4. The third-order valence-electron chi connectivity index (χ3n) is 12.7. The third kappa shape index (κ3) is 15.3. The number of carbonyl (C=O) groups excluding carboxylic acids is 2. The molecule has 3 heterocycles. The van der Waals surface area contributed by atoms with Crippen molar-refractivity contribution < 1.29 is 84.0 Å². The van der Waals surface area contributed by atoms with Crippen LogP contribution in [0.3, 0.4) is 0 Å². The van der Waals surface area contributed by atoms with Gasteiger partial charge in [-0.15, -0.1) is 0 Å². The van der Waals surface area contributed by atoms with Gasteiger partial charge in [0.15, 0.2) is 23.9 Å². The van der Waals surface area contributed by atoms with Crippen molar-refractivity contribution in [3.8, 4) is 11.5 Å². The van der Waals surface area contributed by atoms with Gasteiger partial charge in [0.2, 0.25) is 0 Å². The van der Waals surface area contributed by atoms with E-state index in [0.29, 0.717) is 12.0 Å². The van der Waals surface area contributed by atoms with E-state index < -0.39 is 113 Å². The molecule has 2 fully saturated rings. The van der Waals surface area contributed by atoms with E-state index >= 15 is 0 Å². The van der Waals surface area contributed by atoms with Crippen LogP contribution in [0, 0.1) is 11.8 Å². The molecule has 0 aromatic heterocycles. The summed E-state index contributed by atoms with van der Waals surface area (Å²) in [6.45, 7) is 17.1. The Morgan fingerprint density at radius 1 is 0.942 bits per heavy atom. The van der Waals surface area contributed by atoms with E-state index in [4.69, 9.17) is 51.6 Å². The fourth-order valence-electron chi connectivity index (χ4n) is 8.32. The Morgan fingerprint density at radius 2 is 1.59 bits per heavy atom. The fourth-order valence-corrected chi connectivity index (χ4v) is 8.88. The molecule has 3 aliphatic rings. The molecule has 0 bridgehead atoms. The zero-order valence-electron chi connectivity index (χ0n) is 41.3. The Hall–Kier alpha value is -3.40. The largest absolute Gasteiger partial charge is 0.505 e. The van der Waals surface area contributed by atoms with Gasteiger partial charge in [0.25, 0.3) is 0 Å². The van der Waals surface area contributed by atoms with Crippen LogP contribution in [0.4, 0.5) is 0 Å². The van der Waals surface area contributed by atoms with Gasteiger partial charge in [0.1, 0.15) is 41.1 Å². The Bertz CT molecular complexity index is 2050. The van der Waals surface area contributed by atoms with E-state index in [1.54, 1.807) is 59.8 Å². The number of hydrogen-bond donors (Lipinski definition) is 9. The number of phenols is 2. The van der Waals surface area contributed by atoms with Gasteiger partial charge in [-0.25, -0.2) is 9.59 Å². The van der Waals surface area contributed by atoms with E-state index in [-0.39, 0.29) is 60.1 Å². The molecule has 0 unspecified atom stereocenters. The number of rotatable bonds is 10. The second kappa shape index (κ2) is 26.9. The molecule has 0 saturated carbocycles. The van der Waals surface area contributed by atoms with E-state index in [1.807, 2.05) is 45.9 Å². The summed E-state index contributed by atoms with van der Waals surface area (Å²) in [6, 6.07) is 0. The molecular formula is C50H74Cl2O17. The Morgan fingerprint density at radius 3 is 2.17 bits per heavy atom. The number of carbonyl (C=O) groups is 2. The monoisotopic (exact) mass is 1020 g/mol. The number of esters is 2. The van der Waals surface area contributed by atoms with Crippen LogP contribution >= 0.6 is 23.2 Å². The standard InChI is InChI=1S/C33H52O10.C17H22Cl2O7/c1-9-23-17-20(3)25(35)13-11-10-12-24(18-40-8)31(39)41-26(22(5)34)15-14-19(2)16-21(4)29(23)42-32-28(37)27(36)30(38)33(6,7)43-32;1-4-8-10(14(22)12(19)15(23)11(8)18)17(24)26-16-7(3)25-6(2)9(5-20)13(16)21/h10-12,14,16-17,22-23,25-30,32,34-38H,9,13,15,18H2,1-8H3;6-7,9,13,16,20-23H,4-5H2,1-3H3/b11-10+,19-14+,20-17+,21-16+,24-12+;/t22-,23+,25+,26+,27-,28+,29+,30+,32-;6-,7+,9+,13+,16+/m10/s1. The van der Waals surface area contributed by atoms with Crippen LogP contribution in [0.2, 0.25) is 10.0 Å². The summed E-state index contributed by atoms with van der Waals surface area (Å²) in [5.41, 5.74) is 1.31. The number of ether oxygens (including phenoxy) is 6. The molecule has 1 aromatic rings. The number of methoxy groups -OCH3 is 1. The molecule has 390 valence electrons. The van der Waals surface area contributed by atoms with Gasteiger partial charge >= 0.3 is 11.9 Å². The van der Waals surface area contributed by atoms with Gasteiger partial charge in [0, 0.05) is 25.4 Å². The van der Waals surface area contributed by atoms with Crippen LogP contribution in [0.5, 0.6) is 11.5 Å². The first-order valence-corrected chi connectivity index (χ1v) is 23.9. The lowest BCUT2D eigenvalue weighted by Gasteiger charge is -2.46. The Kier molecular flexibility index (Phi) is 23.3. The quantitative estimate of drug-likeness (QED) is 0.106. The van der Waals surface area contributed by atoms with Crippen molar-refractivity contribution in [1.29, 1.82) is 0 Å². The van der Waals surface area contributed by atoms with E-state index in [1.165, 1.54) is 7.11 Å². The lowest BCUT2D eigenvalue weighted by atomic mass is 9.88. The topological polar surface area (TPSA) is 272 Å². The van der Waals surface area contributed by atoms with Gasteiger partial charge in [-0.3, -0.25) is 0 Å². The highest BCUT2D eigenvalue weighted by Gasteiger charge is 2.50. The van der Waals surface area contributed by atoms with Crippen LogP contribution in [-0.2, 0) is 39.6 Å². The summed E-state index contributed by atoms with van der Waals surface area (Å²) < 4.78 is 34.1. The zero-order valence-corrected chi connectivity index (χ0v) is 42.8. The predicted octanol–water partition coefficient (Wildman–Crippen LogP) is 5.30. The highest BCUT2D eigenvalue weighted by atomic mass is 35.5. The summed E-state index contributed by atoms with van der Waals surface area (Å²) in [6.07, 6.45) is 0.128. The summed E-state index contributed by atoms with van der Waals surface area (Å²) >= 11 is 11.9.